The van der Waals surface area contributed by atoms with E-state index in [4.69, 9.17) is 27.9 Å². The first-order chi connectivity index (χ1) is 9.56. The van der Waals surface area contributed by atoms with Crippen LogP contribution in [-0.2, 0) is 4.79 Å². The first-order valence-corrected chi connectivity index (χ1v) is 6.65. The zero-order valence-electron chi connectivity index (χ0n) is 10.6. The van der Waals surface area contributed by atoms with Gasteiger partial charge in [0.15, 0.2) is 11.9 Å². The van der Waals surface area contributed by atoms with Gasteiger partial charge in [-0.2, -0.15) is 0 Å². The maximum atomic E-state index is 12.0. The van der Waals surface area contributed by atoms with Gasteiger partial charge >= 0.3 is 0 Å². The minimum absolute atomic E-state index is 0.254. The van der Waals surface area contributed by atoms with E-state index < -0.39 is 6.10 Å². The molecule has 0 aliphatic rings. The quantitative estimate of drug-likeness (QED) is 0.934. The highest BCUT2D eigenvalue weighted by atomic mass is 35.5. The zero-order chi connectivity index (χ0) is 14.5. The summed E-state index contributed by atoms with van der Waals surface area (Å²) in [5, 5.41) is 3.27. The van der Waals surface area contributed by atoms with E-state index in [2.05, 4.69) is 10.3 Å². The van der Waals surface area contributed by atoms with Crippen molar-refractivity contribution in [3.63, 3.8) is 0 Å². The molecular formula is C14H12Cl2N2O2. The second-order valence-corrected chi connectivity index (χ2v) is 4.89. The van der Waals surface area contributed by atoms with Crippen molar-refractivity contribution in [3.8, 4) is 5.75 Å². The molecule has 0 aliphatic heterocycles. The fourth-order valence-electron chi connectivity index (χ4n) is 1.48. The van der Waals surface area contributed by atoms with Gasteiger partial charge in [-0.3, -0.25) is 4.79 Å². The molecule has 1 amide bonds. The largest absolute Gasteiger partial charge is 0.481 e. The van der Waals surface area contributed by atoms with Crippen LogP contribution in [0.4, 0.5) is 5.82 Å². The Balaban J connectivity index is 2.01. The molecule has 0 aliphatic carbocycles. The van der Waals surface area contributed by atoms with Gasteiger partial charge in [-0.05, 0) is 25.1 Å². The van der Waals surface area contributed by atoms with E-state index in [-0.39, 0.29) is 16.7 Å². The zero-order valence-corrected chi connectivity index (χ0v) is 12.2. The number of nitrogens with one attached hydrogen (secondary N) is 1. The SMILES string of the molecule is C[C@@H](Oc1ccccc1)C(=O)Nc1ncc(Cl)cc1Cl. The molecule has 104 valence electrons. The number of hydrogen-bond acceptors (Lipinski definition) is 3. The highest BCUT2D eigenvalue weighted by Crippen LogP contribution is 2.22. The van der Waals surface area contributed by atoms with E-state index in [0.29, 0.717) is 10.8 Å². The van der Waals surface area contributed by atoms with Crippen LogP contribution < -0.4 is 10.1 Å². The third-order valence-electron chi connectivity index (χ3n) is 2.47. The molecule has 1 N–H and O–H groups in total. The van der Waals surface area contributed by atoms with E-state index in [1.54, 1.807) is 19.1 Å². The molecule has 0 radical (unpaired) electrons. The molecule has 0 saturated carbocycles. The summed E-state index contributed by atoms with van der Waals surface area (Å²) >= 11 is 11.7. The highest BCUT2D eigenvalue weighted by molar-refractivity contribution is 6.36. The van der Waals surface area contributed by atoms with Crippen LogP contribution in [0.5, 0.6) is 5.75 Å². The lowest BCUT2D eigenvalue weighted by molar-refractivity contribution is -0.122. The summed E-state index contributed by atoms with van der Waals surface area (Å²) in [5.74, 6) is 0.528. The van der Waals surface area contributed by atoms with Gasteiger partial charge in [0.2, 0.25) is 0 Å². The Morgan fingerprint density at radius 1 is 1.30 bits per heavy atom. The molecular weight excluding hydrogens is 299 g/mol. The monoisotopic (exact) mass is 310 g/mol. The van der Waals surface area contributed by atoms with Gasteiger partial charge in [0.25, 0.3) is 5.91 Å². The molecule has 0 fully saturated rings. The summed E-state index contributed by atoms with van der Waals surface area (Å²) in [6, 6.07) is 10.6. The van der Waals surface area contributed by atoms with E-state index >= 15 is 0 Å². The van der Waals surface area contributed by atoms with Crippen LogP contribution in [0.15, 0.2) is 42.6 Å². The highest BCUT2D eigenvalue weighted by Gasteiger charge is 2.16. The maximum absolute atomic E-state index is 12.0. The van der Waals surface area contributed by atoms with Crippen molar-refractivity contribution in [1.82, 2.24) is 4.98 Å². The molecule has 1 heterocycles. The molecule has 1 atom stereocenters. The van der Waals surface area contributed by atoms with Crippen molar-refractivity contribution in [2.75, 3.05) is 5.32 Å². The number of nitrogens with zero attached hydrogens (tertiary/aromatic N) is 1. The number of carbonyl (C=O) groups excluding carboxylic acids is 1. The molecule has 0 bridgehead atoms. The number of ether oxygens (including phenoxy) is 1. The van der Waals surface area contributed by atoms with Crippen molar-refractivity contribution in [2.45, 2.75) is 13.0 Å². The molecule has 6 heteroatoms. The fourth-order valence-corrected chi connectivity index (χ4v) is 1.91. The molecule has 2 aromatic rings. The van der Waals surface area contributed by atoms with Crippen molar-refractivity contribution in [1.29, 1.82) is 0 Å². The van der Waals surface area contributed by atoms with Gasteiger partial charge < -0.3 is 10.1 Å². The predicted octanol–water partition coefficient (Wildman–Crippen LogP) is 3.79. The third kappa shape index (κ3) is 3.85. The van der Waals surface area contributed by atoms with Gasteiger partial charge in [0, 0.05) is 6.20 Å². The molecule has 0 saturated heterocycles. The van der Waals surface area contributed by atoms with Gasteiger partial charge in [0.1, 0.15) is 5.75 Å². The fraction of sp³-hybridized carbons (Fsp3) is 0.143. The van der Waals surface area contributed by atoms with Crippen LogP contribution in [-0.4, -0.2) is 17.0 Å². The first-order valence-electron chi connectivity index (χ1n) is 5.90. The summed E-state index contributed by atoms with van der Waals surface area (Å²) < 4.78 is 5.50. The third-order valence-corrected chi connectivity index (χ3v) is 2.97. The standard InChI is InChI=1S/C14H12Cl2N2O2/c1-9(20-11-5-3-2-4-6-11)14(19)18-13-12(16)7-10(15)8-17-13/h2-9H,1H3,(H,17,18,19)/t9-/m1/s1. The second-order valence-electron chi connectivity index (χ2n) is 4.05. The van der Waals surface area contributed by atoms with Gasteiger partial charge in [-0.15, -0.1) is 0 Å². The van der Waals surface area contributed by atoms with Crippen LogP contribution in [0, 0.1) is 0 Å². The Bertz CT molecular complexity index is 605. The predicted molar refractivity (Wildman–Crippen MR) is 79.4 cm³/mol. The molecule has 4 nitrogen and oxygen atoms in total. The molecule has 1 aromatic heterocycles. The Morgan fingerprint density at radius 2 is 2.00 bits per heavy atom. The van der Waals surface area contributed by atoms with E-state index in [1.807, 2.05) is 18.2 Å². The summed E-state index contributed by atoms with van der Waals surface area (Å²) in [5.41, 5.74) is 0. The Labute approximate surface area is 126 Å². The van der Waals surface area contributed by atoms with Crippen molar-refractivity contribution < 1.29 is 9.53 Å². The number of pyridine rings is 1. The smallest absolute Gasteiger partial charge is 0.266 e. The minimum Gasteiger partial charge on any atom is -0.481 e. The number of hydrogen-bond donors (Lipinski definition) is 1. The average Bonchev–Trinajstić information content (AvgIpc) is 2.43. The Kier molecular flexibility index (Phi) is 4.82. The number of aromatic nitrogens is 1. The number of benzene rings is 1. The lowest BCUT2D eigenvalue weighted by Crippen LogP contribution is -2.30. The average molecular weight is 311 g/mol. The number of para-hydroxylation sites is 1. The van der Waals surface area contributed by atoms with Crippen LogP contribution in [0.2, 0.25) is 10.0 Å². The molecule has 0 spiro atoms. The van der Waals surface area contributed by atoms with Gasteiger partial charge in [0.05, 0.1) is 10.0 Å². The number of anilines is 1. The Morgan fingerprint density at radius 3 is 2.65 bits per heavy atom. The second kappa shape index (κ2) is 6.59. The maximum Gasteiger partial charge on any atom is 0.266 e. The lowest BCUT2D eigenvalue weighted by Gasteiger charge is -2.14. The van der Waals surface area contributed by atoms with Crippen LogP contribution in [0.1, 0.15) is 6.92 Å². The lowest BCUT2D eigenvalue weighted by atomic mass is 10.3. The summed E-state index contributed by atoms with van der Waals surface area (Å²) in [7, 11) is 0. The summed E-state index contributed by atoms with van der Waals surface area (Å²) in [6.45, 7) is 1.64. The number of rotatable bonds is 4. The molecule has 20 heavy (non-hydrogen) atoms. The van der Waals surface area contributed by atoms with E-state index in [1.165, 1.54) is 12.3 Å². The van der Waals surface area contributed by atoms with Gasteiger partial charge in [-0.1, -0.05) is 41.4 Å². The van der Waals surface area contributed by atoms with Crippen molar-refractivity contribution in [2.24, 2.45) is 0 Å². The van der Waals surface area contributed by atoms with Gasteiger partial charge in [-0.25, -0.2) is 4.98 Å². The van der Waals surface area contributed by atoms with Crippen molar-refractivity contribution in [3.05, 3.63) is 52.6 Å². The Hall–Kier alpha value is -1.78. The van der Waals surface area contributed by atoms with E-state index in [0.717, 1.165) is 0 Å². The molecule has 2 rings (SSSR count). The van der Waals surface area contributed by atoms with Crippen LogP contribution >= 0.6 is 23.2 Å². The first kappa shape index (κ1) is 14.6. The minimum atomic E-state index is -0.675. The van der Waals surface area contributed by atoms with Crippen LogP contribution in [0.3, 0.4) is 0 Å². The number of carbonyl (C=O) groups is 1. The normalized spacial score (nSPS) is 11.8. The number of halogens is 2. The summed E-state index contributed by atoms with van der Waals surface area (Å²) in [6.07, 6.45) is 0.733. The molecule has 0 unspecified atom stereocenters. The number of amides is 1. The topological polar surface area (TPSA) is 51.2 Å². The van der Waals surface area contributed by atoms with Crippen LogP contribution in [0.25, 0.3) is 0 Å². The van der Waals surface area contributed by atoms with E-state index in [9.17, 15) is 4.79 Å². The summed E-state index contributed by atoms with van der Waals surface area (Å²) in [4.78, 5) is 15.9. The molecule has 1 aromatic carbocycles. The van der Waals surface area contributed by atoms with Crippen molar-refractivity contribution >= 4 is 34.9 Å².